The molecule has 0 saturated carbocycles. The van der Waals surface area contributed by atoms with Crippen LogP contribution in [0.15, 0.2) is 6.07 Å². The Bertz CT molecular complexity index is 474. The van der Waals surface area contributed by atoms with Gasteiger partial charge in [-0.05, 0) is 18.6 Å². The van der Waals surface area contributed by atoms with Crippen LogP contribution in [0.3, 0.4) is 0 Å². The Balaban J connectivity index is 2.37. The number of nitrogens with zero attached hydrogens (tertiary/aromatic N) is 2. The minimum Gasteiger partial charge on any atom is -0.383 e. The Morgan fingerprint density at radius 3 is 2.89 bits per heavy atom. The van der Waals surface area contributed by atoms with Gasteiger partial charge in [-0.25, -0.2) is 0 Å². The monoisotopic (exact) mass is 264 g/mol. The van der Waals surface area contributed by atoms with Gasteiger partial charge in [-0.2, -0.15) is 5.26 Å². The smallest absolute Gasteiger partial charge is 0.234 e. The first-order valence-electron chi connectivity index (χ1n) is 6.11. The maximum atomic E-state index is 11.4. The Morgan fingerprint density at radius 1 is 1.58 bits per heavy atom. The van der Waals surface area contributed by atoms with Crippen LogP contribution in [-0.4, -0.2) is 37.3 Å². The highest BCUT2D eigenvalue weighted by Crippen LogP contribution is 2.12. The van der Waals surface area contributed by atoms with Gasteiger partial charge in [-0.3, -0.25) is 4.79 Å². The molecule has 1 aromatic rings. The van der Waals surface area contributed by atoms with Crippen molar-refractivity contribution in [3.8, 4) is 6.07 Å². The van der Waals surface area contributed by atoms with E-state index in [9.17, 15) is 4.79 Å². The number of ether oxygens (including phenoxy) is 1. The van der Waals surface area contributed by atoms with Gasteiger partial charge in [0.2, 0.25) is 5.91 Å². The predicted molar refractivity (Wildman–Crippen MR) is 71.5 cm³/mol. The topological polar surface area (TPSA) is 79.1 Å². The van der Waals surface area contributed by atoms with Crippen molar-refractivity contribution in [3.05, 3.63) is 23.0 Å². The molecule has 6 nitrogen and oxygen atoms in total. The van der Waals surface area contributed by atoms with Crippen LogP contribution in [0.25, 0.3) is 0 Å². The zero-order valence-electron chi connectivity index (χ0n) is 11.6. The molecule has 0 unspecified atom stereocenters. The van der Waals surface area contributed by atoms with Gasteiger partial charge in [-0.1, -0.05) is 0 Å². The van der Waals surface area contributed by atoms with Gasteiger partial charge in [0.25, 0.3) is 0 Å². The molecule has 1 amide bonds. The van der Waals surface area contributed by atoms with Crippen LogP contribution in [-0.2, 0) is 23.1 Å². The van der Waals surface area contributed by atoms with Gasteiger partial charge in [-0.15, -0.1) is 0 Å². The van der Waals surface area contributed by atoms with E-state index in [0.717, 1.165) is 11.3 Å². The molecule has 0 aromatic carbocycles. The molecule has 2 N–H and O–H groups in total. The zero-order chi connectivity index (χ0) is 14.3. The maximum absolute atomic E-state index is 11.4. The van der Waals surface area contributed by atoms with Gasteiger partial charge >= 0.3 is 0 Å². The first-order chi connectivity index (χ1) is 9.10. The lowest BCUT2D eigenvalue weighted by molar-refractivity contribution is -0.120. The molecule has 19 heavy (non-hydrogen) atoms. The molecule has 0 spiro atoms. The zero-order valence-corrected chi connectivity index (χ0v) is 11.6. The number of nitriles is 1. The lowest BCUT2D eigenvalue weighted by Crippen LogP contribution is -2.35. The summed E-state index contributed by atoms with van der Waals surface area (Å²) in [5, 5.41) is 14.7. The van der Waals surface area contributed by atoms with E-state index >= 15 is 0 Å². The van der Waals surface area contributed by atoms with Crippen molar-refractivity contribution >= 4 is 5.91 Å². The summed E-state index contributed by atoms with van der Waals surface area (Å²) < 4.78 is 6.68. The highest BCUT2D eigenvalue weighted by atomic mass is 16.5. The van der Waals surface area contributed by atoms with E-state index in [0.29, 0.717) is 25.4 Å². The number of rotatable bonds is 7. The Morgan fingerprint density at radius 2 is 2.32 bits per heavy atom. The summed E-state index contributed by atoms with van der Waals surface area (Å²) in [6.07, 6.45) is 0. The average molecular weight is 264 g/mol. The summed E-state index contributed by atoms with van der Waals surface area (Å²) in [6, 6.07) is 3.97. The van der Waals surface area contributed by atoms with Gasteiger partial charge in [0, 0.05) is 32.9 Å². The van der Waals surface area contributed by atoms with Crippen molar-refractivity contribution in [2.45, 2.75) is 13.5 Å². The van der Waals surface area contributed by atoms with E-state index in [1.165, 1.54) is 0 Å². The molecule has 1 heterocycles. The highest BCUT2D eigenvalue weighted by molar-refractivity contribution is 5.77. The van der Waals surface area contributed by atoms with Crippen molar-refractivity contribution in [1.82, 2.24) is 15.2 Å². The van der Waals surface area contributed by atoms with Crippen LogP contribution >= 0.6 is 0 Å². The third kappa shape index (κ3) is 4.39. The molecular weight excluding hydrogens is 244 g/mol. The number of amides is 1. The first-order valence-corrected chi connectivity index (χ1v) is 6.11. The van der Waals surface area contributed by atoms with E-state index in [1.54, 1.807) is 7.11 Å². The minimum atomic E-state index is -0.0638. The summed E-state index contributed by atoms with van der Waals surface area (Å²) >= 11 is 0. The van der Waals surface area contributed by atoms with Crippen LogP contribution in [0.5, 0.6) is 0 Å². The molecule has 0 aliphatic carbocycles. The van der Waals surface area contributed by atoms with Crippen molar-refractivity contribution in [2.24, 2.45) is 7.05 Å². The van der Waals surface area contributed by atoms with Gasteiger partial charge < -0.3 is 19.9 Å². The SMILES string of the molecule is COCCNC(=O)CNCc1cc(C#N)n(C)c1C. The first kappa shape index (κ1) is 15.2. The molecule has 1 rings (SSSR count). The fourth-order valence-corrected chi connectivity index (χ4v) is 1.71. The number of nitrogens with one attached hydrogen (secondary N) is 2. The standard InChI is InChI=1S/C13H20N4O2/c1-10-11(6-12(7-14)17(10)2)8-15-9-13(18)16-4-5-19-3/h6,15H,4-5,8-9H2,1-3H3,(H,16,18). The minimum absolute atomic E-state index is 0.0638. The van der Waals surface area contributed by atoms with E-state index < -0.39 is 0 Å². The number of hydrogen-bond acceptors (Lipinski definition) is 4. The van der Waals surface area contributed by atoms with Crippen LogP contribution < -0.4 is 10.6 Å². The van der Waals surface area contributed by atoms with Crippen LogP contribution in [0.1, 0.15) is 17.0 Å². The number of carbonyl (C=O) groups is 1. The summed E-state index contributed by atoms with van der Waals surface area (Å²) in [7, 11) is 3.45. The van der Waals surface area contributed by atoms with Gasteiger partial charge in [0.05, 0.1) is 13.2 Å². The van der Waals surface area contributed by atoms with Crippen molar-refractivity contribution < 1.29 is 9.53 Å². The summed E-state index contributed by atoms with van der Waals surface area (Å²) in [5.74, 6) is -0.0638. The van der Waals surface area contributed by atoms with E-state index in [4.69, 9.17) is 10.00 Å². The molecule has 0 bridgehead atoms. The van der Waals surface area contributed by atoms with Gasteiger partial charge in [0.15, 0.2) is 0 Å². The Hall–Kier alpha value is -1.84. The van der Waals surface area contributed by atoms with Crippen molar-refractivity contribution in [2.75, 3.05) is 26.8 Å². The van der Waals surface area contributed by atoms with Crippen molar-refractivity contribution in [1.29, 1.82) is 5.26 Å². The maximum Gasteiger partial charge on any atom is 0.234 e. The summed E-state index contributed by atoms with van der Waals surface area (Å²) in [4.78, 5) is 11.4. The second-order valence-electron chi connectivity index (χ2n) is 4.26. The lowest BCUT2D eigenvalue weighted by Gasteiger charge is -2.06. The molecule has 0 atom stereocenters. The van der Waals surface area contributed by atoms with Crippen LogP contribution in [0.4, 0.5) is 0 Å². The van der Waals surface area contributed by atoms with E-state index in [2.05, 4.69) is 16.7 Å². The summed E-state index contributed by atoms with van der Waals surface area (Å²) in [6.45, 7) is 3.80. The molecule has 0 fully saturated rings. The van der Waals surface area contributed by atoms with Gasteiger partial charge in [0.1, 0.15) is 11.8 Å². The van der Waals surface area contributed by atoms with E-state index in [1.807, 2.05) is 24.6 Å². The molecular formula is C13H20N4O2. The molecule has 0 aliphatic heterocycles. The molecule has 0 radical (unpaired) electrons. The number of aromatic nitrogens is 1. The molecule has 104 valence electrons. The average Bonchev–Trinajstić information content (AvgIpc) is 2.67. The second-order valence-corrected chi connectivity index (χ2v) is 4.26. The van der Waals surface area contributed by atoms with Crippen molar-refractivity contribution in [3.63, 3.8) is 0 Å². The fraction of sp³-hybridized carbons (Fsp3) is 0.538. The third-order valence-electron chi connectivity index (χ3n) is 2.98. The second kappa shape index (κ2) is 7.56. The highest BCUT2D eigenvalue weighted by Gasteiger charge is 2.08. The fourth-order valence-electron chi connectivity index (χ4n) is 1.71. The number of methoxy groups -OCH3 is 1. The lowest BCUT2D eigenvalue weighted by atomic mass is 10.2. The quantitative estimate of drug-likeness (QED) is 0.682. The Labute approximate surface area is 113 Å². The Kier molecular flexibility index (Phi) is 6.06. The normalized spacial score (nSPS) is 10.2. The van der Waals surface area contributed by atoms with Crippen LogP contribution in [0, 0.1) is 18.3 Å². The number of carbonyl (C=O) groups excluding carboxylic acids is 1. The molecule has 1 aromatic heterocycles. The van der Waals surface area contributed by atoms with E-state index in [-0.39, 0.29) is 12.5 Å². The molecule has 6 heteroatoms. The largest absolute Gasteiger partial charge is 0.383 e. The molecule has 0 aliphatic rings. The number of hydrogen-bond donors (Lipinski definition) is 2. The predicted octanol–water partition coefficient (Wildman–Crippen LogP) is 0.0574. The third-order valence-corrected chi connectivity index (χ3v) is 2.98. The van der Waals surface area contributed by atoms with Crippen LogP contribution in [0.2, 0.25) is 0 Å². The summed E-state index contributed by atoms with van der Waals surface area (Å²) in [5.41, 5.74) is 2.69. The molecule has 0 saturated heterocycles.